The molecule has 0 bridgehead atoms. The van der Waals surface area contributed by atoms with E-state index in [9.17, 15) is 9.18 Å². The normalized spacial score (nSPS) is 14.2. The van der Waals surface area contributed by atoms with Gasteiger partial charge in [0.1, 0.15) is 18.2 Å². The van der Waals surface area contributed by atoms with Gasteiger partial charge in [0.05, 0.1) is 0 Å². The molecule has 0 atom stereocenters. The van der Waals surface area contributed by atoms with Crippen LogP contribution >= 0.6 is 0 Å². The van der Waals surface area contributed by atoms with Crippen LogP contribution in [0.5, 0.6) is 0 Å². The summed E-state index contributed by atoms with van der Waals surface area (Å²) in [5, 5.41) is 4.52. The van der Waals surface area contributed by atoms with Crippen molar-refractivity contribution >= 4 is 11.9 Å². The molecule has 1 aromatic carbocycles. The summed E-state index contributed by atoms with van der Waals surface area (Å²) in [6, 6.07) is 6.58. The standard InChI is InChI=1S/C21H24FN7O/c1-3-18-25-20(16-5-6-17(22)15(2)13-16)26-29(18)14-19(30)27-9-11-28(12-10-27)21-23-7-4-8-24-21/h4-8,13H,3,9-12,14H2,1-2H3. The van der Waals surface area contributed by atoms with Gasteiger partial charge in [0, 0.05) is 50.6 Å². The van der Waals surface area contributed by atoms with Crippen LogP contribution in [-0.2, 0) is 17.8 Å². The van der Waals surface area contributed by atoms with Crippen LogP contribution in [0, 0.1) is 12.7 Å². The Morgan fingerprint density at radius 2 is 1.87 bits per heavy atom. The quantitative estimate of drug-likeness (QED) is 0.642. The maximum Gasteiger partial charge on any atom is 0.244 e. The van der Waals surface area contributed by atoms with Crippen LogP contribution in [0.3, 0.4) is 0 Å². The van der Waals surface area contributed by atoms with E-state index < -0.39 is 0 Å². The Balaban J connectivity index is 1.43. The van der Waals surface area contributed by atoms with Crippen molar-refractivity contribution in [1.29, 1.82) is 0 Å². The summed E-state index contributed by atoms with van der Waals surface area (Å²) >= 11 is 0. The third kappa shape index (κ3) is 4.14. The molecule has 1 aliphatic rings. The summed E-state index contributed by atoms with van der Waals surface area (Å²) in [5.41, 5.74) is 1.28. The van der Waals surface area contributed by atoms with Gasteiger partial charge in [-0.1, -0.05) is 6.92 Å². The first-order chi connectivity index (χ1) is 14.5. The van der Waals surface area contributed by atoms with Crippen LogP contribution in [0.4, 0.5) is 10.3 Å². The molecular formula is C21H24FN7O. The first-order valence-electron chi connectivity index (χ1n) is 10.0. The number of carbonyl (C=O) groups excluding carboxylic acids is 1. The number of piperazine rings is 1. The second kappa shape index (κ2) is 8.56. The zero-order chi connectivity index (χ0) is 21.1. The Bertz CT molecular complexity index is 1030. The number of rotatable bonds is 5. The second-order valence-electron chi connectivity index (χ2n) is 7.24. The average molecular weight is 409 g/mol. The fourth-order valence-electron chi connectivity index (χ4n) is 3.51. The van der Waals surface area contributed by atoms with E-state index in [1.165, 1.54) is 6.07 Å². The molecule has 0 N–H and O–H groups in total. The van der Waals surface area contributed by atoms with Crippen molar-refractivity contribution in [3.05, 3.63) is 53.9 Å². The van der Waals surface area contributed by atoms with E-state index >= 15 is 0 Å². The van der Waals surface area contributed by atoms with Crippen LogP contribution < -0.4 is 4.90 Å². The second-order valence-corrected chi connectivity index (χ2v) is 7.24. The molecule has 1 fully saturated rings. The molecule has 2 aromatic heterocycles. The molecule has 156 valence electrons. The molecule has 0 saturated carbocycles. The van der Waals surface area contributed by atoms with Crippen LogP contribution in [0.15, 0.2) is 36.7 Å². The van der Waals surface area contributed by atoms with Crippen molar-refractivity contribution in [3.8, 4) is 11.4 Å². The molecule has 0 radical (unpaired) electrons. The number of carbonyl (C=O) groups is 1. The van der Waals surface area contributed by atoms with Crippen molar-refractivity contribution in [2.75, 3.05) is 31.1 Å². The molecule has 9 heteroatoms. The number of anilines is 1. The zero-order valence-corrected chi connectivity index (χ0v) is 17.1. The highest BCUT2D eigenvalue weighted by atomic mass is 19.1. The molecule has 8 nitrogen and oxygen atoms in total. The van der Waals surface area contributed by atoms with Crippen LogP contribution in [0.1, 0.15) is 18.3 Å². The minimum absolute atomic E-state index is 0.00469. The van der Waals surface area contributed by atoms with Gasteiger partial charge < -0.3 is 9.80 Å². The number of aryl methyl sites for hydroxylation is 2. The number of aromatic nitrogens is 5. The fraction of sp³-hybridized carbons (Fsp3) is 0.381. The molecule has 1 saturated heterocycles. The number of nitrogens with zero attached hydrogens (tertiary/aromatic N) is 7. The number of benzene rings is 1. The van der Waals surface area contributed by atoms with Crippen molar-refractivity contribution < 1.29 is 9.18 Å². The molecule has 0 spiro atoms. The van der Waals surface area contributed by atoms with Gasteiger partial charge in [-0.15, -0.1) is 0 Å². The SMILES string of the molecule is CCc1nc(-c2ccc(F)c(C)c2)nn1CC(=O)N1CCN(c2ncccn2)CC1. The predicted octanol–water partition coefficient (Wildman–Crippen LogP) is 2.09. The highest BCUT2D eigenvalue weighted by molar-refractivity contribution is 5.76. The van der Waals surface area contributed by atoms with E-state index in [2.05, 4.69) is 25.0 Å². The first-order valence-corrected chi connectivity index (χ1v) is 10.0. The third-order valence-corrected chi connectivity index (χ3v) is 5.23. The molecule has 3 heterocycles. The minimum Gasteiger partial charge on any atom is -0.338 e. The van der Waals surface area contributed by atoms with Gasteiger partial charge >= 0.3 is 0 Å². The van der Waals surface area contributed by atoms with Crippen molar-refractivity contribution in [3.63, 3.8) is 0 Å². The average Bonchev–Trinajstić information content (AvgIpc) is 3.19. The fourth-order valence-corrected chi connectivity index (χ4v) is 3.51. The predicted molar refractivity (Wildman–Crippen MR) is 110 cm³/mol. The molecular weight excluding hydrogens is 385 g/mol. The molecule has 4 rings (SSSR count). The monoisotopic (exact) mass is 409 g/mol. The lowest BCUT2D eigenvalue weighted by atomic mass is 10.1. The van der Waals surface area contributed by atoms with E-state index in [-0.39, 0.29) is 18.3 Å². The molecule has 1 aliphatic heterocycles. The molecule has 1 amide bonds. The third-order valence-electron chi connectivity index (χ3n) is 5.23. The van der Waals surface area contributed by atoms with Gasteiger partial charge in [-0.05, 0) is 36.8 Å². The number of hydrogen-bond donors (Lipinski definition) is 0. The zero-order valence-electron chi connectivity index (χ0n) is 17.1. The summed E-state index contributed by atoms with van der Waals surface area (Å²) in [6.07, 6.45) is 4.09. The van der Waals surface area contributed by atoms with Gasteiger partial charge in [0.15, 0.2) is 5.82 Å². The Hall–Kier alpha value is -3.36. The Morgan fingerprint density at radius 1 is 1.13 bits per heavy atom. The first kappa shape index (κ1) is 19.9. The Labute approximate surface area is 174 Å². The minimum atomic E-state index is -0.260. The maximum atomic E-state index is 13.6. The molecule has 30 heavy (non-hydrogen) atoms. The topological polar surface area (TPSA) is 80.0 Å². The van der Waals surface area contributed by atoms with Crippen LogP contribution in [-0.4, -0.2) is 61.7 Å². The molecule has 0 aliphatic carbocycles. The highest BCUT2D eigenvalue weighted by Gasteiger charge is 2.24. The van der Waals surface area contributed by atoms with Crippen molar-refractivity contribution in [1.82, 2.24) is 29.6 Å². The summed E-state index contributed by atoms with van der Waals surface area (Å²) in [5.74, 6) is 1.67. The van der Waals surface area contributed by atoms with E-state index in [0.29, 0.717) is 49.9 Å². The van der Waals surface area contributed by atoms with E-state index in [0.717, 1.165) is 11.4 Å². The lowest BCUT2D eigenvalue weighted by molar-refractivity contribution is -0.132. The Morgan fingerprint density at radius 3 is 2.53 bits per heavy atom. The summed E-state index contributed by atoms with van der Waals surface area (Å²) in [6.45, 7) is 6.41. The largest absolute Gasteiger partial charge is 0.338 e. The van der Waals surface area contributed by atoms with Gasteiger partial charge in [-0.25, -0.2) is 24.0 Å². The van der Waals surface area contributed by atoms with Crippen LogP contribution in [0.25, 0.3) is 11.4 Å². The summed E-state index contributed by atoms with van der Waals surface area (Å²) < 4.78 is 15.2. The van der Waals surface area contributed by atoms with Gasteiger partial charge in [-0.2, -0.15) is 5.10 Å². The van der Waals surface area contributed by atoms with Gasteiger partial charge in [0.2, 0.25) is 11.9 Å². The van der Waals surface area contributed by atoms with Crippen molar-refractivity contribution in [2.45, 2.75) is 26.8 Å². The highest BCUT2D eigenvalue weighted by Crippen LogP contribution is 2.20. The smallest absolute Gasteiger partial charge is 0.244 e. The number of hydrogen-bond acceptors (Lipinski definition) is 6. The number of halogens is 1. The summed E-state index contributed by atoms with van der Waals surface area (Å²) in [4.78, 5) is 29.9. The van der Waals surface area contributed by atoms with E-state index in [1.54, 1.807) is 42.2 Å². The maximum absolute atomic E-state index is 13.6. The molecule has 3 aromatic rings. The van der Waals surface area contributed by atoms with Gasteiger partial charge in [0.25, 0.3) is 0 Å². The Kier molecular flexibility index (Phi) is 5.69. The van der Waals surface area contributed by atoms with Crippen molar-refractivity contribution in [2.24, 2.45) is 0 Å². The lowest BCUT2D eigenvalue weighted by Crippen LogP contribution is -2.50. The lowest BCUT2D eigenvalue weighted by Gasteiger charge is -2.34. The van der Waals surface area contributed by atoms with Crippen LogP contribution in [0.2, 0.25) is 0 Å². The summed E-state index contributed by atoms with van der Waals surface area (Å²) in [7, 11) is 0. The van der Waals surface area contributed by atoms with Gasteiger partial charge in [-0.3, -0.25) is 4.79 Å². The van der Waals surface area contributed by atoms with E-state index in [1.807, 2.05) is 11.8 Å². The van der Waals surface area contributed by atoms with E-state index in [4.69, 9.17) is 0 Å². The molecule has 0 unspecified atom stereocenters. The number of amides is 1.